The fourth-order valence-corrected chi connectivity index (χ4v) is 3.28. The monoisotopic (exact) mass is 388 g/mol. The van der Waals surface area contributed by atoms with Crippen molar-refractivity contribution in [1.29, 1.82) is 0 Å². The van der Waals surface area contributed by atoms with Gasteiger partial charge in [0.25, 0.3) is 0 Å². The Morgan fingerprint density at radius 2 is 1.79 bits per heavy atom. The minimum atomic E-state index is -1.06. The molecule has 146 valence electrons. The number of nitrogens with zero attached hydrogens (tertiary/aromatic N) is 3. The smallest absolute Gasteiger partial charge is 0.322 e. The number of hydrogen-bond acceptors (Lipinski definition) is 3. The highest BCUT2D eigenvalue weighted by Crippen LogP contribution is 2.26. The zero-order chi connectivity index (χ0) is 20.2. The molecule has 0 radical (unpaired) electrons. The summed E-state index contributed by atoms with van der Waals surface area (Å²) < 4.78 is 3.84. The third-order valence-corrected chi connectivity index (χ3v) is 4.74. The number of nitrogens with one attached hydrogen (secondary N) is 1. The van der Waals surface area contributed by atoms with E-state index in [1.807, 2.05) is 39.7 Å². The maximum Gasteiger partial charge on any atom is 0.322 e. The molecule has 0 fully saturated rings. The summed E-state index contributed by atoms with van der Waals surface area (Å²) in [5.41, 5.74) is 4.25. The molecule has 0 aliphatic rings. The molecule has 0 bridgehead atoms. The van der Waals surface area contributed by atoms with Gasteiger partial charge in [-0.15, -0.1) is 0 Å². The maximum atomic E-state index is 12.0. The van der Waals surface area contributed by atoms with Crippen LogP contribution in [-0.2, 0) is 22.7 Å². The van der Waals surface area contributed by atoms with Crippen molar-refractivity contribution in [3.8, 4) is 11.1 Å². The highest BCUT2D eigenvalue weighted by Gasteiger charge is 2.09. The number of hydrogen-bond donors (Lipinski definition) is 2. The Hall–Kier alpha value is -3.87. The van der Waals surface area contributed by atoms with Crippen LogP contribution in [0.3, 0.4) is 0 Å². The van der Waals surface area contributed by atoms with E-state index in [9.17, 15) is 9.59 Å². The molecule has 0 aliphatic carbocycles. The van der Waals surface area contributed by atoms with Crippen LogP contribution in [0, 0.1) is 0 Å². The number of aliphatic carboxylic acids is 1. The minimum absolute atomic E-state index is 0.0735. The average Bonchev–Trinajstić information content (AvgIpc) is 3.37. The molecule has 7 nitrogen and oxygen atoms in total. The van der Waals surface area contributed by atoms with E-state index in [0.29, 0.717) is 0 Å². The summed E-state index contributed by atoms with van der Waals surface area (Å²) >= 11 is 0. The van der Waals surface area contributed by atoms with Gasteiger partial charge in [0.1, 0.15) is 13.1 Å². The molecule has 2 aromatic carbocycles. The van der Waals surface area contributed by atoms with Crippen molar-refractivity contribution in [3.05, 3.63) is 79.0 Å². The lowest BCUT2D eigenvalue weighted by Crippen LogP contribution is -2.31. The molecule has 29 heavy (non-hydrogen) atoms. The van der Waals surface area contributed by atoms with Crippen molar-refractivity contribution in [2.45, 2.75) is 13.1 Å². The van der Waals surface area contributed by atoms with E-state index in [1.165, 1.54) is 5.56 Å². The largest absolute Gasteiger partial charge is 0.480 e. The summed E-state index contributed by atoms with van der Waals surface area (Å²) in [6, 6.07) is 16.4. The molecule has 0 unspecified atom stereocenters. The number of rotatable bonds is 7. The molecule has 4 aromatic rings. The number of carboxylic acids is 1. The molecule has 2 aromatic heterocycles. The van der Waals surface area contributed by atoms with Crippen LogP contribution in [0.15, 0.2) is 73.4 Å². The van der Waals surface area contributed by atoms with E-state index < -0.39 is 5.97 Å². The molecule has 1 amide bonds. The molecule has 2 N–H and O–H groups in total. The van der Waals surface area contributed by atoms with Crippen LogP contribution in [0.2, 0.25) is 0 Å². The van der Waals surface area contributed by atoms with Gasteiger partial charge >= 0.3 is 5.97 Å². The van der Waals surface area contributed by atoms with E-state index in [1.54, 1.807) is 12.5 Å². The molecule has 0 saturated carbocycles. The first kappa shape index (κ1) is 18.5. The van der Waals surface area contributed by atoms with Crippen LogP contribution in [0.5, 0.6) is 0 Å². The molecular formula is C22H20N4O3. The summed E-state index contributed by atoms with van der Waals surface area (Å²) in [6.07, 6.45) is 7.33. The Balaban J connectivity index is 1.53. The maximum absolute atomic E-state index is 12.0. The summed E-state index contributed by atoms with van der Waals surface area (Å²) in [5.74, 6) is -1.39. The first-order valence-corrected chi connectivity index (χ1v) is 9.21. The lowest BCUT2D eigenvalue weighted by atomic mass is 10.0. The van der Waals surface area contributed by atoms with Crippen molar-refractivity contribution in [2.24, 2.45) is 0 Å². The Morgan fingerprint density at radius 1 is 1.00 bits per heavy atom. The number of benzene rings is 2. The van der Waals surface area contributed by atoms with Gasteiger partial charge in [-0.3, -0.25) is 9.59 Å². The molecule has 0 atom stereocenters. The number of imidazole rings is 1. The van der Waals surface area contributed by atoms with Gasteiger partial charge in [0, 0.05) is 30.7 Å². The van der Waals surface area contributed by atoms with Crippen molar-refractivity contribution >= 4 is 22.8 Å². The number of carbonyl (C=O) groups is 2. The molecule has 7 heteroatoms. The second-order valence-electron chi connectivity index (χ2n) is 6.82. The normalized spacial score (nSPS) is 10.9. The van der Waals surface area contributed by atoms with Crippen LogP contribution in [0.25, 0.3) is 22.0 Å². The Labute approximate surface area is 167 Å². The van der Waals surface area contributed by atoms with Crippen LogP contribution in [0.1, 0.15) is 5.56 Å². The predicted molar refractivity (Wildman–Crippen MR) is 109 cm³/mol. The molecule has 0 spiro atoms. The summed E-state index contributed by atoms with van der Waals surface area (Å²) in [6.45, 7) is 0.465. The van der Waals surface area contributed by atoms with Gasteiger partial charge in [0.05, 0.1) is 6.33 Å². The van der Waals surface area contributed by atoms with E-state index in [4.69, 9.17) is 5.11 Å². The predicted octanol–water partition coefficient (Wildman–Crippen LogP) is 2.75. The summed E-state index contributed by atoms with van der Waals surface area (Å²) in [4.78, 5) is 26.6. The van der Waals surface area contributed by atoms with E-state index in [0.717, 1.165) is 28.6 Å². The third-order valence-electron chi connectivity index (χ3n) is 4.74. The molecule has 4 rings (SSSR count). The van der Waals surface area contributed by atoms with Crippen molar-refractivity contribution in [1.82, 2.24) is 19.4 Å². The quantitative estimate of drug-likeness (QED) is 0.509. The van der Waals surface area contributed by atoms with Gasteiger partial charge in [0.2, 0.25) is 5.91 Å². The standard InChI is InChI=1S/C22H20N4O3/c27-21(24-12-22(28)29)14-26-9-7-18-5-6-19(11-20(18)26)17-3-1-16(2-4-17)13-25-10-8-23-15-25/h1-11,15H,12-14H2,(H,24,27)(H,28,29). The highest BCUT2D eigenvalue weighted by atomic mass is 16.4. The summed E-state index contributed by atoms with van der Waals surface area (Å²) in [5, 5.41) is 12.1. The Morgan fingerprint density at radius 3 is 2.52 bits per heavy atom. The number of aromatic nitrogens is 3. The van der Waals surface area contributed by atoms with Gasteiger partial charge < -0.3 is 19.6 Å². The van der Waals surface area contributed by atoms with Crippen LogP contribution in [-0.4, -0.2) is 37.6 Å². The van der Waals surface area contributed by atoms with Crippen LogP contribution in [0.4, 0.5) is 0 Å². The second kappa shape index (κ2) is 8.02. The molecular weight excluding hydrogens is 368 g/mol. The zero-order valence-electron chi connectivity index (χ0n) is 15.7. The average molecular weight is 388 g/mol. The van der Waals surface area contributed by atoms with Gasteiger partial charge in [-0.25, -0.2) is 4.98 Å². The minimum Gasteiger partial charge on any atom is -0.480 e. The third kappa shape index (κ3) is 4.35. The van der Waals surface area contributed by atoms with Gasteiger partial charge in [0.15, 0.2) is 0 Å². The SMILES string of the molecule is O=C(O)CNC(=O)Cn1ccc2ccc(-c3ccc(Cn4ccnc4)cc3)cc21. The number of fused-ring (bicyclic) bond motifs is 1. The zero-order valence-corrected chi connectivity index (χ0v) is 15.7. The summed E-state index contributed by atoms with van der Waals surface area (Å²) in [7, 11) is 0. The van der Waals surface area contributed by atoms with Crippen molar-refractivity contribution in [3.63, 3.8) is 0 Å². The molecule has 2 heterocycles. The van der Waals surface area contributed by atoms with Crippen LogP contribution < -0.4 is 5.32 Å². The van der Waals surface area contributed by atoms with Gasteiger partial charge in [-0.1, -0.05) is 36.4 Å². The highest BCUT2D eigenvalue weighted by molar-refractivity contribution is 5.88. The lowest BCUT2D eigenvalue weighted by Gasteiger charge is -2.08. The van der Waals surface area contributed by atoms with Crippen LogP contribution >= 0.6 is 0 Å². The Kier molecular flexibility index (Phi) is 5.11. The van der Waals surface area contributed by atoms with Crippen molar-refractivity contribution in [2.75, 3.05) is 6.54 Å². The van der Waals surface area contributed by atoms with E-state index >= 15 is 0 Å². The van der Waals surface area contributed by atoms with Gasteiger partial charge in [-0.2, -0.15) is 0 Å². The van der Waals surface area contributed by atoms with E-state index in [2.05, 4.69) is 40.6 Å². The lowest BCUT2D eigenvalue weighted by molar-refractivity contribution is -0.138. The second-order valence-corrected chi connectivity index (χ2v) is 6.82. The fraction of sp³-hybridized carbons (Fsp3) is 0.136. The van der Waals surface area contributed by atoms with E-state index in [-0.39, 0.29) is 19.0 Å². The topological polar surface area (TPSA) is 89.2 Å². The van der Waals surface area contributed by atoms with Crippen molar-refractivity contribution < 1.29 is 14.7 Å². The number of amides is 1. The first-order chi connectivity index (χ1) is 14.1. The molecule has 0 aliphatic heterocycles. The molecule has 0 saturated heterocycles. The van der Waals surface area contributed by atoms with Gasteiger partial charge in [-0.05, 0) is 34.2 Å². The number of carboxylic acid groups (broad SMARTS) is 1. The fourth-order valence-electron chi connectivity index (χ4n) is 3.28. The Bertz CT molecular complexity index is 1140. The number of carbonyl (C=O) groups excluding carboxylic acids is 1. The first-order valence-electron chi connectivity index (χ1n) is 9.21.